The summed E-state index contributed by atoms with van der Waals surface area (Å²) < 4.78 is 1.10. The Morgan fingerprint density at radius 1 is 1.15 bits per heavy atom. The molecule has 0 aliphatic heterocycles. The Morgan fingerprint density at radius 2 is 1.92 bits per heavy atom. The second kappa shape index (κ2) is 3.04. The minimum atomic E-state index is 0.856. The molecule has 0 aromatic heterocycles. The van der Waals surface area contributed by atoms with Gasteiger partial charge in [-0.15, -0.1) is 0 Å². The molecule has 0 radical (unpaired) electrons. The van der Waals surface area contributed by atoms with Crippen molar-refractivity contribution in [1.82, 2.24) is 0 Å². The lowest BCUT2D eigenvalue weighted by atomic mass is 10.0. The van der Waals surface area contributed by atoms with Crippen molar-refractivity contribution in [3.05, 3.63) is 40.4 Å². The fourth-order valence-corrected chi connectivity index (χ4v) is 1.85. The van der Waals surface area contributed by atoms with Gasteiger partial charge in [-0.1, -0.05) is 28.1 Å². The van der Waals surface area contributed by atoms with Crippen LogP contribution in [0.15, 0.2) is 34.8 Å². The summed E-state index contributed by atoms with van der Waals surface area (Å²) in [7, 11) is 0. The Kier molecular flexibility index (Phi) is 2.00. The minimum absolute atomic E-state index is 0.856. The number of anilines is 1. The van der Waals surface area contributed by atoms with Crippen LogP contribution < -0.4 is 5.73 Å². The van der Waals surface area contributed by atoms with Crippen LogP contribution in [0.3, 0.4) is 0 Å². The van der Waals surface area contributed by atoms with Crippen molar-refractivity contribution in [2.45, 2.75) is 6.92 Å². The zero-order valence-electron chi connectivity index (χ0n) is 7.34. The molecule has 2 heteroatoms. The first kappa shape index (κ1) is 8.57. The van der Waals surface area contributed by atoms with Crippen LogP contribution in [-0.2, 0) is 0 Å². The van der Waals surface area contributed by atoms with Crippen molar-refractivity contribution in [2.24, 2.45) is 0 Å². The normalized spacial score (nSPS) is 10.6. The number of halogens is 1. The molecule has 0 saturated carbocycles. The van der Waals surface area contributed by atoms with E-state index in [9.17, 15) is 0 Å². The summed E-state index contributed by atoms with van der Waals surface area (Å²) in [5.74, 6) is 0. The molecule has 0 aliphatic rings. The van der Waals surface area contributed by atoms with Crippen LogP contribution in [0.2, 0.25) is 0 Å². The number of rotatable bonds is 0. The Labute approximate surface area is 85.7 Å². The molecule has 0 saturated heterocycles. The average Bonchev–Trinajstić information content (AvgIpc) is 2.12. The minimum Gasteiger partial charge on any atom is -0.398 e. The third-order valence-electron chi connectivity index (χ3n) is 2.29. The molecule has 0 bridgehead atoms. The molecule has 2 aromatic carbocycles. The van der Waals surface area contributed by atoms with Gasteiger partial charge in [0, 0.05) is 10.2 Å². The van der Waals surface area contributed by atoms with Crippen LogP contribution in [-0.4, -0.2) is 0 Å². The Balaban J connectivity index is 2.87. The second-order valence-corrected chi connectivity index (χ2v) is 4.06. The average molecular weight is 236 g/mol. The molecule has 2 aromatic rings. The van der Waals surface area contributed by atoms with Gasteiger partial charge < -0.3 is 5.73 Å². The van der Waals surface area contributed by atoms with E-state index in [1.165, 1.54) is 10.8 Å². The first-order valence-electron chi connectivity index (χ1n) is 4.13. The number of hydrogen-bond donors (Lipinski definition) is 1. The van der Waals surface area contributed by atoms with Gasteiger partial charge in [-0.05, 0) is 41.5 Å². The van der Waals surface area contributed by atoms with E-state index in [-0.39, 0.29) is 0 Å². The molecule has 2 N–H and O–H groups in total. The van der Waals surface area contributed by atoms with Gasteiger partial charge >= 0.3 is 0 Å². The molecule has 1 nitrogen and oxygen atoms in total. The molecule has 0 amide bonds. The monoisotopic (exact) mass is 235 g/mol. The zero-order valence-corrected chi connectivity index (χ0v) is 8.93. The van der Waals surface area contributed by atoms with Crippen molar-refractivity contribution in [3.8, 4) is 0 Å². The van der Waals surface area contributed by atoms with Gasteiger partial charge in [0.1, 0.15) is 0 Å². The lowest BCUT2D eigenvalue weighted by Crippen LogP contribution is -1.89. The number of benzene rings is 2. The van der Waals surface area contributed by atoms with E-state index < -0.39 is 0 Å². The van der Waals surface area contributed by atoms with E-state index in [1.807, 2.05) is 25.1 Å². The van der Waals surface area contributed by atoms with Crippen LogP contribution in [0.5, 0.6) is 0 Å². The predicted molar refractivity (Wildman–Crippen MR) is 60.8 cm³/mol. The van der Waals surface area contributed by atoms with Crippen molar-refractivity contribution in [3.63, 3.8) is 0 Å². The van der Waals surface area contributed by atoms with Gasteiger partial charge in [0.15, 0.2) is 0 Å². The summed E-state index contributed by atoms with van der Waals surface area (Å²) in [5.41, 5.74) is 7.83. The third kappa shape index (κ3) is 1.42. The summed E-state index contributed by atoms with van der Waals surface area (Å²) in [6, 6.07) is 10.2. The molecule has 13 heavy (non-hydrogen) atoms. The summed E-state index contributed by atoms with van der Waals surface area (Å²) in [5, 5.41) is 2.45. The van der Waals surface area contributed by atoms with Crippen molar-refractivity contribution in [2.75, 3.05) is 5.73 Å². The predicted octanol–water partition coefficient (Wildman–Crippen LogP) is 3.49. The molecule has 66 valence electrons. The SMILES string of the molecule is Cc1c(N)ccc2cc(Br)ccc12. The fourth-order valence-electron chi connectivity index (χ4n) is 1.47. The quantitative estimate of drug-likeness (QED) is 0.696. The van der Waals surface area contributed by atoms with Gasteiger partial charge in [0.05, 0.1) is 0 Å². The molecule has 0 spiro atoms. The number of nitrogen functional groups attached to an aromatic ring is 1. The van der Waals surface area contributed by atoms with E-state index in [2.05, 4.69) is 28.1 Å². The maximum atomic E-state index is 5.81. The zero-order chi connectivity index (χ0) is 9.42. The van der Waals surface area contributed by atoms with Crippen LogP contribution in [0, 0.1) is 6.92 Å². The highest BCUT2D eigenvalue weighted by molar-refractivity contribution is 9.10. The summed E-state index contributed by atoms with van der Waals surface area (Å²) in [6.45, 7) is 2.05. The number of fused-ring (bicyclic) bond motifs is 1. The number of nitrogens with two attached hydrogens (primary N) is 1. The molecule has 0 aliphatic carbocycles. The van der Waals surface area contributed by atoms with E-state index in [0.717, 1.165) is 15.7 Å². The van der Waals surface area contributed by atoms with Crippen molar-refractivity contribution >= 4 is 32.4 Å². The van der Waals surface area contributed by atoms with Crippen LogP contribution in [0.1, 0.15) is 5.56 Å². The lowest BCUT2D eigenvalue weighted by Gasteiger charge is -2.05. The van der Waals surface area contributed by atoms with Crippen LogP contribution in [0.4, 0.5) is 5.69 Å². The van der Waals surface area contributed by atoms with Gasteiger partial charge in [-0.3, -0.25) is 0 Å². The second-order valence-electron chi connectivity index (χ2n) is 3.15. The Morgan fingerprint density at radius 3 is 2.69 bits per heavy atom. The molecular formula is C11H10BrN. The smallest absolute Gasteiger partial charge is 0.0350 e. The fraction of sp³-hybridized carbons (Fsp3) is 0.0909. The molecule has 0 fully saturated rings. The number of aryl methyl sites for hydroxylation is 1. The highest BCUT2D eigenvalue weighted by Gasteiger charge is 2.00. The Bertz CT molecular complexity index is 463. The third-order valence-corrected chi connectivity index (χ3v) is 2.79. The van der Waals surface area contributed by atoms with Crippen LogP contribution in [0.25, 0.3) is 10.8 Å². The maximum Gasteiger partial charge on any atom is 0.0350 e. The maximum absolute atomic E-state index is 5.81. The van der Waals surface area contributed by atoms with Gasteiger partial charge in [0.25, 0.3) is 0 Å². The molecule has 2 rings (SSSR count). The Hall–Kier alpha value is -1.02. The first-order valence-corrected chi connectivity index (χ1v) is 4.92. The van der Waals surface area contributed by atoms with E-state index in [0.29, 0.717) is 0 Å². The van der Waals surface area contributed by atoms with Crippen molar-refractivity contribution in [1.29, 1.82) is 0 Å². The first-order chi connectivity index (χ1) is 6.18. The molecular weight excluding hydrogens is 226 g/mol. The van der Waals surface area contributed by atoms with Gasteiger partial charge in [0.2, 0.25) is 0 Å². The number of hydrogen-bond acceptors (Lipinski definition) is 1. The summed E-state index contributed by atoms with van der Waals surface area (Å²) in [6.07, 6.45) is 0. The van der Waals surface area contributed by atoms with Gasteiger partial charge in [-0.25, -0.2) is 0 Å². The van der Waals surface area contributed by atoms with Crippen molar-refractivity contribution < 1.29 is 0 Å². The molecule has 0 heterocycles. The summed E-state index contributed by atoms with van der Waals surface area (Å²) >= 11 is 3.44. The summed E-state index contributed by atoms with van der Waals surface area (Å²) in [4.78, 5) is 0. The molecule has 0 atom stereocenters. The largest absolute Gasteiger partial charge is 0.398 e. The van der Waals surface area contributed by atoms with Gasteiger partial charge in [-0.2, -0.15) is 0 Å². The highest BCUT2D eigenvalue weighted by atomic mass is 79.9. The van der Waals surface area contributed by atoms with E-state index in [1.54, 1.807) is 0 Å². The van der Waals surface area contributed by atoms with E-state index >= 15 is 0 Å². The van der Waals surface area contributed by atoms with Crippen LogP contribution >= 0.6 is 15.9 Å². The topological polar surface area (TPSA) is 26.0 Å². The molecule has 0 unspecified atom stereocenters. The highest BCUT2D eigenvalue weighted by Crippen LogP contribution is 2.25. The lowest BCUT2D eigenvalue weighted by molar-refractivity contribution is 1.52. The van der Waals surface area contributed by atoms with E-state index in [4.69, 9.17) is 5.73 Å². The standard InChI is InChI=1S/C11H10BrN/c1-7-10-4-3-9(12)6-8(10)2-5-11(7)13/h2-6H,13H2,1H3.